The van der Waals surface area contributed by atoms with Gasteiger partial charge >= 0.3 is 15.6 Å². The molecule has 0 aromatic carbocycles. The van der Waals surface area contributed by atoms with Gasteiger partial charge in [0.1, 0.15) is 6.61 Å². The van der Waals surface area contributed by atoms with Gasteiger partial charge in [-0.25, -0.2) is 8.42 Å². The monoisotopic (exact) mass is 353 g/mol. The summed E-state index contributed by atoms with van der Waals surface area (Å²) in [5, 5.41) is -4.42. The van der Waals surface area contributed by atoms with E-state index < -0.39 is 37.6 Å². The highest BCUT2D eigenvalue weighted by atomic mass is 32.3. The highest BCUT2D eigenvalue weighted by Crippen LogP contribution is 2.32. The van der Waals surface area contributed by atoms with E-state index in [2.05, 4.69) is 4.18 Å². The van der Waals surface area contributed by atoms with Gasteiger partial charge in [0.05, 0.1) is 26.9 Å². The Morgan fingerprint density at radius 2 is 1.86 bits per heavy atom. The molecule has 1 heterocycles. The first-order valence-electron chi connectivity index (χ1n) is 5.86. The normalized spacial score (nSPS) is 19.2. The van der Waals surface area contributed by atoms with Crippen LogP contribution in [0, 0.1) is 5.41 Å². The number of rotatable bonds is 9. The van der Waals surface area contributed by atoms with Gasteiger partial charge in [0.15, 0.2) is 0 Å². The number of sulfonamides is 1. The van der Waals surface area contributed by atoms with Crippen molar-refractivity contribution in [3.63, 3.8) is 0 Å². The molecule has 0 spiro atoms. The fourth-order valence-corrected chi connectivity index (χ4v) is 3.55. The van der Waals surface area contributed by atoms with Gasteiger partial charge in [0, 0.05) is 5.41 Å². The zero-order chi connectivity index (χ0) is 16.4. The fourth-order valence-electron chi connectivity index (χ4n) is 1.47. The third-order valence-corrected chi connectivity index (χ3v) is 6.11. The number of hydrogen-bond donors (Lipinski definition) is 1. The van der Waals surface area contributed by atoms with Crippen LogP contribution in [0.3, 0.4) is 0 Å². The lowest BCUT2D eigenvalue weighted by Crippen LogP contribution is -2.49. The molecule has 1 fully saturated rings. The average Bonchev–Trinajstić information content (AvgIpc) is 2.31. The van der Waals surface area contributed by atoms with Crippen LogP contribution >= 0.6 is 0 Å². The van der Waals surface area contributed by atoms with Crippen LogP contribution in [-0.4, -0.2) is 55.6 Å². The lowest BCUT2D eigenvalue weighted by atomic mass is 9.84. The molecule has 0 aromatic heterocycles. The van der Waals surface area contributed by atoms with Gasteiger partial charge in [-0.05, 0) is 6.42 Å². The first kappa shape index (κ1) is 18.6. The van der Waals surface area contributed by atoms with Gasteiger partial charge in [-0.3, -0.25) is 4.18 Å². The van der Waals surface area contributed by atoms with Crippen molar-refractivity contribution in [2.45, 2.75) is 18.6 Å². The van der Waals surface area contributed by atoms with Gasteiger partial charge < -0.3 is 9.47 Å². The zero-order valence-corrected chi connectivity index (χ0v) is 13.1. The van der Waals surface area contributed by atoms with E-state index in [0.717, 1.165) is 4.13 Å². The summed E-state index contributed by atoms with van der Waals surface area (Å²) in [4.78, 5) is 0. The first-order chi connectivity index (χ1) is 9.49. The number of hydrogen-bond acceptors (Lipinski definition) is 7. The molecule has 1 aliphatic heterocycles. The van der Waals surface area contributed by atoms with Gasteiger partial charge in [-0.1, -0.05) is 11.1 Å². The van der Waals surface area contributed by atoms with E-state index >= 15 is 0 Å². The van der Waals surface area contributed by atoms with Crippen LogP contribution in [-0.2, 0) is 34.0 Å². The van der Waals surface area contributed by atoms with Crippen LogP contribution in [0.2, 0.25) is 0 Å². The third kappa shape index (κ3) is 4.53. The maximum absolute atomic E-state index is 13.5. The van der Waals surface area contributed by atoms with Gasteiger partial charge in [-0.2, -0.15) is 17.2 Å². The maximum atomic E-state index is 13.5. The molecule has 8 nitrogen and oxygen atoms in total. The second-order valence-electron chi connectivity index (χ2n) is 4.68. The molecule has 0 radical (unpaired) electrons. The van der Waals surface area contributed by atoms with Crippen LogP contribution in [0.5, 0.6) is 0 Å². The molecule has 1 aliphatic rings. The van der Waals surface area contributed by atoms with E-state index in [0.29, 0.717) is 26.7 Å². The Balaban J connectivity index is 2.63. The molecule has 0 saturated carbocycles. The number of nitrogens with one attached hydrogen (secondary N) is 1. The summed E-state index contributed by atoms with van der Waals surface area (Å²) in [6, 6.07) is 0. The molecular weight excluding hydrogens is 336 g/mol. The Morgan fingerprint density at radius 1 is 1.29 bits per heavy atom. The second kappa shape index (κ2) is 6.38. The predicted octanol–water partition coefficient (Wildman–Crippen LogP) is -0.167. The topological polar surface area (TPSA) is 108 Å². The van der Waals surface area contributed by atoms with Crippen LogP contribution in [0.25, 0.3) is 0 Å². The van der Waals surface area contributed by atoms with Crippen LogP contribution < -0.4 is 4.13 Å². The highest BCUT2D eigenvalue weighted by molar-refractivity contribution is 8.03. The summed E-state index contributed by atoms with van der Waals surface area (Å²) in [5.41, 5.74) is -0.397. The molecule has 0 atom stereocenters. The van der Waals surface area contributed by atoms with E-state index in [9.17, 15) is 25.6 Å². The van der Waals surface area contributed by atoms with E-state index in [-0.39, 0.29) is 6.61 Å². The van der Waals surface area contributed by atoms with Gasteiger partial charge in [-0.15, -0.1) is 0 Å². The van der Waals surface area contributed by atoms with Crippen molar-refractivity contribution < 1.29 is 39.3 Å². The van der Waals surface area contributed by atoms with Gasteiger partial charge in [0.2, 0.25) is 0 Å². The van der Waals surface area contributed by atoms with E-state index in [4.69, 9.17) is 9.47 Å². The first-order valence-corrected chi connectivity index (χ1v) is 8.75. The number of ether oxygens (including phenoxy) is 2. The summed E-state index contributed by atoms with van der Waals surface area (Å²) < 4.78 is 85.7. The summed E-state index contributed by atoms with van der Waals surface area (Å²) >= 11 is 0. The fraction of sp³-hybridized carbons (Fsp3) is 1.00. The summed E-state index contributed by atoms with van der Waals surface area (Å²) in [5.74, 6) is 0. The lowest BCUT2D eigenvalue weighted by Gasteiger charge is -2.40. The average molecular weight is 353 g/mol. The summed E-state index contributed by atoms with van der Waals surface area (Å²) in [6.07, 6.45) is 0.627. The zero-order valence-electron chi connectivity index (χ0n) is 11.5. The molecule has 1 rings (SSSR count). The van der Waals surface area contributed by atoms with Crippen molar-refractivity contribution in [2.24, 2.45) is 5.41 Å². The van der Waals surface area contributed by atoms with E-state index in [1.54, 1.807) is 0 Å². The van der Waals surface area contributed by atoms with Crippen LogP contribution in [0.1, 0.15) is 13.3 Å². The molecule has 0 unspecified atom stereocenters. The minimum Gasteiger partial charge on any atom is -0.380 e. The third-order valence-electron chi connectivity index (χ3n) is 3.07. The Kier molecular flexibility index (Phi) is 5.67. The van der Waals surface area contributed by atoms with Gasteiger partial charge in [0.25, 0.3) is 10.0 Å². The van der Waals surface area contributed by atoms with Crippen molar-refractivity contribution in [1.82, 2.24) is 4.13 Å². The maximum Gasteiger partial charge on any atom is 0.382 e. The van der Waals surface area contributed by atoms with E-state index in [1.165, 1.54) is 0 Å². The second-order valence-corrected chi connectivity index (χ2v) is 8.20. The lowest BCUT2D eigenvalue weighted by molar-refractivity contribution is -0.160. The quantitative estimate of drug-likeness (QED) is 0.613. The molecule has 126 valence electrons. The van der Waals surface area contributed by atoms with Crippen molar-refractivity contribution in [3.8, 4) is 0 Å². The number of halogens is 2. The summed E-state index contributed by atoms with van der Waals surface area (Å²) in [7, 11) is -9.67. The number of alkyl halides is 2. The Labute approximate surface area is 122 Å². The van der Waals surface area contributed by atoms with Crippen molar-refractivity contribution in [2.75, 3.05) is 33.5 Å². The smallest absolute Gasteiger partial charge is 0.380 e. The molecule has 0 aromatic rings. The minimum atomic E-state index is -5.50. The SMILES string of the molecule is CCC1(COCC(F)(F)S(=O)(=O)NS(=O)(=O)OC)COC1. The molecule has 0 aliphatic carbocycles. The van der Waals surface area contributed by atoms with Crippen molar-refractivity contribution >= 4 is 20.3 Å². The molecular formula is C9H17F2NO7S2. The molecule has 21 heavy (non-hydrogen) atoms. The molecule has 1 saturated heterocycles. The molecule has 0 amide bonds. The van der Waals surface area contributed by atoms with E-state index in [1.807, 2.05) is 6.92 Å². The summed E-state index contributed by atoms with van der Waals surface area (Å²) in [6.45, 7) is 0.943. The van der Waals surface area contributed by atoms with Crippen LogP contribution in [0.15, 0.2) is 0 Å². The molecule has 1 N–H and O–H groups in total. The Bertz CT molecular complexity index is 551. The predicted molar refractivity (Wildman–Crippen MR) is 67.3 cm³/mol. The van der Waals surface area contributed by atoms with Crippen molar-refractivity contribution in [1.29, 1.82) is 0 Å². The molecule has 12 heteroatoms. The molecule has 0 bridgehead atoms. The van der Waals surface area contributed by atoms with Crippen LogP contribution in [0.4, 0.5) is 8.78 Å². The largest absolute Gasteiger partial charge is 0.382 e. The minimum absolute atomic E-state index is 0.106. The van der Waals surface area contributed by atoms with Crippen molar-refractivity contribution in [3.05, 3.63) is 0 Å². The Hall–Kier alpha value is -0.400. The standard InChI is InChI=1S/C9H17F2NO7S2/c1-3-8(4-18-5-8)6-19-7-9(10,11)20(13,14)12-21(15,16)17-2/h12H,3-7H2,1-2H3. The highest BCUT2D eigenvalue weighted by Gasteiger charge is 2.48. The Morgan fingerprint density at radius 3 is 2.24 bits per heavy atom.